The third-order valence-corrected chi connectivity index (χ3v) is 24.9. The van der Waals surface area contributed by atoms with Gasteiger partial charge in [0.1, 0.15) is 102 Å². The van der Waals surface area contributed by atoms with Gasteiger partial charge in [0.05, 0.1) is 32.4 Å². The quantitative estimate of drug-likeness (QED) is 0.0392. The van der Waals surface area contributed by atoms with E-state index in [2.05, 4.69) is 63.1 Å². The lowest BCUT2D eigenvalue weighted by Crippen LogP contribution is -2.61. The van der Waals surface area contributed by atoms with E-state index in [1.807, 2.05) is 32.9 Å². The molecule has 17 amide bonds. The summed E-state index contributed by atoms with van der Waals surface area (Å²) in [5, 5.41) is 27.8. The summed E-state index contributed by atoms with van der Waals surface area (Å²) in [7, 11) is 5.47. The van der Waals surface area contributed by atoms with Crippen molar-refractivity contribution in [2.24, 2.45) is 17.4 Å². The molecule has 0 aliphatic carbocycles. The predicted molar refractivity (Wildman–Crippen MR) is 486 cm³/mol. The normalized spacial score (nSPS) is 25.2. The lowest BCUT2D eigenvalue weighted by Gasteiger charge is -2.36. The van der Waals surface area contributed by atoms with Crippen molar-refractivity contribution in [2.45, 2.75) is 262 Å². The highest BCUT2D eigenvalue weighted by Gasteiger charge is 2.47. The van der Waals surface area contributed by atoms with E-state index in [1.165, 1.54) is 51.9 Å². The molecule has 0 radical (unpaired) electrons. The van der Waals surface area contributed by atoms with E-state index in [0.717, 1.165) is 33.4 Å². The number of Topliss-reactive ketones (excluding diaryl/α,β-unsaturated/α-hetero) is 1. The molecule has 3 saturated heterocycles. The number of nitrogens with two attached hydrogens (primary N) is 2. The van der Waals surface area contributed by atoms with Crippen molar-refractivity contribution < 1.29 is 95.4 Å². The molecule has 16 N–H and O–H groups in total. The summed E-state index contributed by atoms with van der Waals surface area (Å²) >= 11 is 0.818. The number of methoxy groups -OCH3 is 1. The van der Waals surface area contributed by atoms with Crippen LogP contribution in [-0.4, -0.2) is 291 Å². The maximum absolute atomic E-state index is 16.2. The molecule has 0 saturated carbocycles. The Morgan fingerprint density at radius 3 is 1.64 bits per heavy atom. The molecule has 131 heavy (non-hydrogen) atoms. The summed E-state index contributed by atoms with van der Waals surface area (Å²) in [6.45, 7) is 11.3. The van der Waals surface area contributed by atoms with Gasteiger partial charge < -0.3 is 104 Å². The molecule has 3 aromatic carbocycles. The largest absolute Gasteiger partial charge is 0.497 e. The van der Waals surface area contributed by atoms with E-state index in [0.29, 0.717) is 82.8 Å². The summed E-state index contributed by atoms with van der Waals surface area (Å²) < 4.78 is 21.6. The number of ketones is 1. The van der Waals surface area contributed by atoms with Gasteiger partial charge in [-0.05, 0) is 106 Å². The lowest BCUT2D eigenvalue weighted by molar-refractivity contribution is -0.149. The molecule has 0 unspecified atom stereocenters. The number of unbranched alkanes of at least 4 members (excludes halogenated alkanes) is 3. The molecule has 15 atom stereocenters. The van der Waals surface area contributed by atoms with Crippen LogP contribution in [0.3, 0.4) is 0 Å². The number of fused-ring (bicyclic) bond motifs is 4. The number of ether oxygens (including phenoxy) is 1. The third-order valence-electron chi connectivity index (χ3n) is 23.8. The van der Waals surface area contributed by atoms with Gasteiger partial charge in [0.25, 0.3) is 0 Å². The summed E-state index contributed by atoms with van der Waals surface area (Å²) in [4.78, 5) is 273. The number of para-hydroxylation sites is 2. The van der Waals surface area contributed by atoms with E-state index in [4.69, 9.17) is 16.2 Å². The SMILES string of the molecule is CCCC[C@@H]1NC(=O)[C@H](CCCC)N(C)C(=O)[C@H](CCCC)N(C)C(=O)[C@H](Cc2c[nH]c3ccccc23)NC(=O)[C@H](C)NC(=O)[C@H](Cc2c[nH]c3ccccc23)NC(=O)[C@@H]2C[C@@H](F)CN2C(=O)[C@H](CC(C)C)NC(=O)[C@H](CC(C)=O)NC(=O)[C@@H]2CCCN2C(=O)[C@H](CC(N)=O)NC(=O)[C@H](C)N(C)C(=O)[C@H](Cc2ccc(OC)cc2)NC(=O)CSC[C@@H](C(=O)NCC(N)=O)NC1=O. The van der Waals surface area contributed by atoms with Crippen molar-refractivity contribution in [3.63, 3.8) is 0 Å². The van der Waals surface area contributed by atoms with Gasteiger partial charge in [0.2, 0.25) is 100 Å². The Kier molecular flexibility index (Phi) is 39.2. The lowest BCUT2D eigenvalue weighted by atomic mass is 10.00. The molecule has 5 heterocycles. The number of rotatable bonds is 25. The zero-order chi connectivity index (χ0) is 96.2. The molecule has 40 heteroatoms. The Morgan fingerprint density at radius 2 is 1.05 bits per heavy atom. The second kappa shape index (κ2) is 49.5. The molecular formula is C91H128FN19O19S. The van der Waals surface area contributed by atoms with Gasteiger partial charge in [0, 0.05) is 99.7 Å². The summed E-state index contributed by atoms with van der Waals surface area (Å²) in [5.74, 6) is -17.0. The van der Waals surface area contributed by atoms with E-state index in [1.54, 1.807) is 86.9 Å². The number of hydrogen-bond donors (Lipinski definition) is 14. The van der Waals surface area contributed by atoms with Gasteiger partial charge in [-0.15, -0.1) is 11.8 Å². The number of benzene rings is 3. The van der Waals surface area contributed by atoms with Crippen LogP contribution in [0.2, 0.25) is 0 Å². The van der Waals surface area contributed by atoms with Crippen LogP contribution < -0.4 is 69.4 Å². The van der Waals surface area contributed by atoms with Gasteiger partial charge >= 0.3 is 0 Å². The van der Waals surface area contributed by atoms with E-state index in [-0.39, 0.29) is 70.1 Å². The minimum atomic E-state index is -1.83. The molecule has 38 nitrogen and oxygen atoms in total. The number of thioether (sulfide) groups is 1. The minimum absolute atomic E-state index is 0.00295. The van der Waals surface area contributed by atoms with E-state index in [9.17, 15) is 52.7 Å². The first-order chi connectivity index (χ1) is 62.3. The maximum Gasteiger partial charge on any atom is 0.246 e. The van der Waals surface area contributed by atoms with Crippen molar-refractivity contribution >= 4 is 140 Å². The number of H-pyrrole nitrogens is 2. The molecule has 0 spiro atoms. The zero-order valence-electron chi connectivity index (χ0n) is 76.5. The number of carbonyl (C=O) groups excluding carboxylic acids is 18. The monoisotopic (exact) mass is 1840 g/mol. The summed E-state index contributed by atoms with van der Waals surface area (Å²) in [6, 6.07) is -0.474. The van der Waals surface area contributed by atoms with Crippen molar-refractivity contribution in [1.82, 2.24) is 87.6 Å². The number of likely N-dealkylation sites (N-methyl/N-ethyl adjacent to an activating group) is 3. The number of nitrogens with zero attached hydrogens (tertiary/aromatic N) is 5. The first-order valence-electron chi connectivity index (χ1n) is 44.7. The summed E-state index contributed by atoms with van der Waals surface area (Å²) in [5.41, 5.74) is 14.1. The molecule has 3 fully saturated rings. The fourth-order valence-corrected chi connectivity index (χ4v) is 17.2. The number of hydrogen-bond acceptors (Lipinski definition) is 20. The first-order valence-corrected chi connectivity index (χ1v) is 45.9. The van der Waals surface area contributed by atoms with Crippen molar-refractivity contribution in [2.75, 3.05) is 59.4 Å². The van der Waals surface area contributed by atoms with Crippen LogP contribution in [0.5, 0.6) is 5.75 Å². The van der Waals surface area contributed by atoms with Gasteiger partial charge in [0.15, 0.2) is 0 Å². The number of halogens is 1. The number of carbonyl (C=O) groups is 18. The number of aromatic nitrogens is 2. The fourth-order valence-electron chi connectivity index (χ4n) is 16.4. The van der Waals surface area contributed by atoms with Gasteiger partial charge in [-0.1, -0.05) is 122 Å². The van der Waals surface area contributed by atoms with Crippen molar-refractivity contribution in [1.29, 1.82) is 0 Å². The fraction of sp³-hybridized carbons (Fsp3) is 0.560. The first kappa shape index (κ1) is 104. The van der Waals surface area contributed by atoms with E-state index >= 15 is 38.0 Å². The molecule has 3 aliphatic rings. The molecule has 8 rings (SSSR count). The van der Waals surface area contributed by atoms with Crippen LogP contribution in [0.4, 0.5) is 4.39 Å². The predicted octanol–water partition coefficient (Wildman–Crippen LogP) is 1.32. The molecule has 0 bridgehead atoms. The minimum Gasteiger partial charge on any atom is -0.497 e. The molecule has 2 aromatic heterocycles. The standard InChI is InChI=1S/C91H128FN19O19S/c1-13-16-26-63-81(119)106-70(80(118)97-46-76(94)114)48-131-49-77(115)99-67(39-54-32-34-58(130-12)35-33-54)87(125)107(9)53(8)79(117)104-69(43-75(93)113)89(127)110-36-23-31-72(110)85(123)101-64(38-51(6)112)83(121)105-66(37-50(4)5)90(128)111-47-57(92)42-74(111)86(124)102-65(40-55-44-95-61-27-21-19-24-59(55)61)82(120)98-52(7)78(116)103-68(41-56-45-96-62-28-22-20-25-60(56)62)88(126)109(11)73(30-18-15-3)91(129)108(10)71(29-17-14-2)84(122)100-63/h19-22,24-25,27-28,32-35,44-45,50,52-53,57,63-74,95-96H,13-18,23,26,29-31,36-43,46-49H2,1-12H3,(H2,93,113)(H2,94,114)(H,97,118)(H,98,120)(H,99,115)(H,100,122)(H,101,123)(H,102,124)(H,103,116)(H,104,117)(H,105,121)(H,106,119)/t52-,53-,57+,63-,64-,65-,66-,67-,68-,69-,70-,71-,72-,73-,74-/m0/s1. The second-order valence-electron chi connectivity index (χ2n) is 34.4. The highest BCUT2D eigenvalue weighted by atomic mass is 32.2. The van der Waals surface area contributed by atoms with E-state index < -0.39 is 241 Å². The highest BCUT2D eigenvalue weighted by molar-refractivity contribution is 8.00. The zero-order valence-corrected chi connectivity index (χ0v) is 77.3. The third kappa shape index (κ3) is 29.0. The van der Waals surface area contributed by atoms with Gasteiger partial charge in [-0.3, -0.25) is 86.3 Å². The number of nitrogens with one attached hydrogen (secondary N) is 12. The number of amides is 17. The average Bonchev–Trinajstić information content (AvgIpc) is 1.68. The topological polar surface area (TPSA) is 537 Å². The number of primary amides is 2. The Bertz CT molecular complexity index is 4930. The van der Waals surface area contributed by atoms with Crippen molar-refractivity contribution in [3.05, 3.63) is 102 Å². The Balaban J connectivity index is 1.18. The van der Waals surface area contributed by atoms with Crippen LogP contribution in [0.15, 0.2) is 85.2 Å². The number of alkyl halides is 1. The van der Waals surface area contributed by atoms with Crippen LogP contribution in [0.1, 0.15) is 168 Å². The molecule has 714 valence electrons. The van der Waals surface area contributed by atoms with Gasteiger partial charge in [-0.25, -0.2) is 4.39 Å². The van der Waals surface area contributed by atoms with Crippen LogP contribution in [0.25, 0.3) is 21.8 Å². The van der Waals surface area contributed by atoms with Gasteiger partial charge in [-0.2, -0.15) is 0 Å². The molecule has 5 aromatic rings. The maximum atomic E-state index is 16.2. The summed E-state index contributed by atoms with van der Waals surface area (Å²) in [6.07, 6.45) is 1.50. The molecular weight excluding hydrogens is 1710 g/mol. The number of aromatic amines is 2. The Morgan fingerprint density at radius 1 is 0.527 bits per heavy atom. The average molecular weight is 1840 g/mol. The van der Waals surface area contributed by atoms with Crippen LogP contribution in [-0.2, 0) is 106 Å². The Hall–Kier alpha value is -12.5. The van der Waals surface area contributed by atoms with Crippen LogP contribution >= 0.6 is 11.8 Å². The second-order valence-corrected chi connectivity index (χ2v) is 35.4. The Labute approximate surface area is 765 Å². The molecule has 3 aliphatic heterocycles. The smallest absolute Gasteiger partial charge is 0.246 e. The van der Waals surface area contributed by atoms with Crippen LogP contribution in [0, 0.1) is 5.92 Å². The van der Waals surface area contributed by atoms with Crippen molar-refractivity contribution in [3.8, 4) is 5.75 Å². The highest BCUT2D eigenvalue weighted by Crippen LogP contribution is 2.29.